The average Bonchev–Trinajstić information content (AvgIpc) is 2.97. The van der Waals surface area contributed by atoms with E-state index in [1.165, 1.54) is 0 Å². The van der Waals surface area contributed by atoms with Crippen molar-refractivity contribution in [2.75, 3.05) is 0 Å². The highest BCUT2D eigenvalue weighted by molar-refractivity contribution is 6.03. The second-order valence-corrected chi connectivity index (χ2v) is 10.2. The van der Waals surface area contributed by atoms with Crippen LogP contribution in [-0.2, 0) is 19.2 Å². The van der Waals surface area contributed by atoms with Crippen molar-refractivity contribution in [1.29, 1.82) is 0 Å². The van der Waals surface area contributed by atoms with E-state index in [-0.39, 0.29) is 41.2 Å². The maximum absolute atomic E-state index is 13.4. The summed E-state index contributed by atoms with van der Waals surface area (Å²) in [4.78, 5) is 49.3. The zero-order valence-corrected chi connectivity index (χ0v) is 17.3. The lowest BCUT2D eigenvalue weighted by molar-refractivity contribution is -0.172. The lowest BCUT2D eigenvalue weighted by atomic mass is 9.46. The van der Waals surface area contributed by atoms with Gasteiger partial charge >= 0.3 is 6.18 Å². The van der Waals surface area contributed by atoms with E-state index in [4.69, 9.17) is 0 Å². The van der Waals surface area contributed by atoms with Gasteiger partial charge in [0.15, 0.2) is 5.78 Å². The average molecular weight is 424 g/mol. The van der Waals surface area contributed by atoms with Gasteiger partial charge in [0, 0.05) is 24.7 Å². The summed E-state index contributed by atoms with van der Waals surface area (Å²) in [5.74, 6) is -3.26. The largest absolute Gasteiger partial charge is 0.450 e. The van der Waals surface area contributed by atoms with E-state index < -0.39 is 35.5 Å². The molecular formula is C23H27F3O4. The molecule has 30 heavy (non-hydrogen) atoms. The Bertz CT molecular complexity index is 857. The van der Waals surface area contributed by atoms with Crippen LogP contribution in [0.2, 0.25) is 0 Å². The van der Waals surface area contributed by atoms with Crippen LogP contribution in [0.25, 0.3) is 0 Å². The van der Waals surface area contributed by atoms with Crippen molar-refractivity contribution in [3.8, 4) is 0 Å². The van der Waals surface area contributed by atoms with E-state index >= 15 is 0 Å². The third-order valence-electron chi connectivity index (χ3n) is 8.69. The molecule has 0 aromatic carbocycles. The number of Topliss-reactive ketones (excluding diaryl/α,β-unsaturated/α-hetero) is 3. The molecule has 164 valence electrons. The maximum Gasteiger partial charge on any atom is 0.450 e. The third-order valence-corrected chi connectivity index (χ3v) is 8.69. The molecule has 3 fully saturated rings. The summed E-state index contributed by atoms with van der Waals surface area (Å²) >= 11 is 0. The van der Waals surface area contributed by atoms with Gasteiger partial charge in [-0.2, -0.15) is 13.2 Å². The number of hydrogen-bond acceptors (Lipinski definition) is 4. The Hall–Kier alpha value is -1.79. The molecule has 0 saturated heterocycles. The van der Waals surface area contributed by atoms with Crippen LogP contribution in [0.1, 0.15) is 65.2 Å². The van der Waals surface area contributed by atoms with Crippen molar-refractivity contribution in [1.82, 2.24) is 0 Å². The summed E-state index contributed by atoms with van der Waals surface area (Å²) in [5, 5.41) is 0. The zero-order chi connectivity index (χ0) is 22.1. The molecule has 6 atom stereocenters. The Morgan fingerprint density at radius 3 is 2.47 bits per heavy atom. The predicted octanol–water partition coefficient (Wildman–Crippen LogP) is 4.40. The molecule has 4 aliphatic rings. The number of carbonyl (C=O) groups excluding carboxylic acids is 4. The Balaban J connectivity index is 1.61. The highest BCUT2D eigenvalue weighted by Crippen LogP contribution is 2.65. The van der Waals surface area contributed by atoms with Crippen LogP contribution in [-0.4, -0.2) is 29.3 Å². The second kappa shape index (κ2) is 6.86. The summed E-state index contributed by atoms with van der Waals surface area (Å²) in [5.41, 5.74) is 0.0192. The molecule has 0 spiro atoms. The fourth-order valence-electron chi connectivity index (χ4n) is 7.29. The summed E-state index contributed by atoms with van der Waals surface area (Å²) in [6, 6.07) is 0. The van der Waals surface area contributed by atoms with E-state index in [1.807, 2.05) is 6.92 Å². The first-order valence-corrected chi connectivity index (χ1v) is 10.8. The highest BCUT2D eigenvalue weighted by Gasteiger charge is 2.63. The molecule has 4 aliphatic carbocycles. The molecule has 0 aromatic heterocycles. The topological polar surface area (TPSA) is 68.3 Å². The number of allylic oxidation sites excluding steroid dienone is 1. The number of halogens is 3. The molecular weight excluding hydrogens is 397 g/mol. The first-order valence-electron chi connectivity index (χ1n) is 10.8. The quantitative estimate of drug-likeness (QED) is 0.630. The van der Waals surface area contributed by atoms with Crippen molar-refractivity contribution in [3.05, 3.63) is 11.6 Å². The number of rotatable bonds is 3. The van der Waals surface area contributed by atoms with Crippen LogP contribution in [0.5, 0.6) is 0 Å². The van der Waals surface area contributed by atoms with E-state index in [2.05, 4.69) is 6.92 Å². The molecule has 4 nitrogen and oxygen atoms in total. The molecule has 0 bridgehead atoms. The van der Waals surface area contributed by atoms with Crippen LogP contribution in [0, 0.1) is 34.5 Å². The normalized spacial score (nSPS) is 40.9. The summed E-state index contributed by atoms with van der Waals surface area (Å²) in [7, 11) is 0. The van der Waals surface area contributed by atoms with Crippen molar-refractivity contribution in [2.24, 2.45) is 34.5 Å². The number of hydrogen-bond donors (Lipinski definition) is 0. The predicted molar refractivity (Wildman–Crippen MR) is 101 cm³/mol. The van der Waals surface area contributed by atoms with Gasteiger partial charge in [0.1, 0.15) is 11.6 Å². The number of ketones is 4. The van der Waals surface area contributed by atoms with E-state index in [1.54, 1.807) is 6.08 Å². The lowest BCUT2D eigenvalue weighted by Crippen LogP contribution is -2.55. The fraction of sp³-hybridized carbons (Fsp3) is 0.739. The molecule has 0 aliphatic heterocycles. The van der Waals surface area contributed by atoms with E-state index in [0.29, 0.717) is 25.7 Å². The molecule has 0 N–H and O–H groups in total. The van der Waals surface area contributed by atoms with Crippen LogP contribution < -0.4 is 0 Å². The minimum Gasteiger partial charge on any atom is -0.299 e. The van der Waals surface area contributed by atoms with E-state index in [0.717, 1.165) is 18.4 Å². The summed E-state index contributed by atoms with van der Waals surface area (Å²) in [6.07, 6.45) is -0.573. The van der Waals surface area contributed by atoms with Gasteiger partial charge in [0.2, 0.25) is 5.78 Å². The van der Waals surface area contributed by atoms with Gasteiger partial charge in [-0.1, -0.05) is 19.4 Å². The Morgan fingerprint density at radius 1 is 1.10 bits per heavy atom. The van der Waals surface area contributed by atoms with E-state index in [9.17, 15) is 32.3 Å². The van der Waals surface area contributed by atoms with Crippen molar-refractivity contribution in [2.45, 2.75) is 71.4 Å². The smallest absolute Gasteiger partial charge is 0.299 e. The van der Waals surface area contributed by atoms with Gasteiger partial charge in [-0.15, -0.1) is 0 Å². The Labute approximate surface area is 173 Å². The zero-order valence-electron chi connectivity index (χ0n) is 17.3. The van der Waals surface area contributed by atoms with Gasteiger partial charge in [0.05, 0.1) is 6.42 Å². The van der Waals surface area contributed by atoms with Crippen LogP contribution in [0.15, 0.2) is 11.6 Å². The standard InChI is InChI=1S/C23H27F3O4/c1-21-8-7-13(27)9-12(21)3-4-14-15-5-6-16(17(28)10-19(30)23(24,25)26)22(15,2)11-18(29)20(14)21/h9,14-16,20H,3-8,10-11H2,1-2H3/t14-,15-,16+,20+,21-,22-/m0/s1. The molecule has 4 rings (SSSR count). The first-order chi connectivity index (χ1) is 13.9. The maximum atomic E-state index is 13.4. The molecule has 0 radical (unpaired) electrons. The molecule has 3 saturated carbocycles. The van der Waals surface area contributed by atoms with Crippen LogP contribution in [0.3, 0.4) is 0 Å². The Morgan fingerprint density at radius 2 is 1.80 bits per heavy atom. The van der Waals surface area contributed by atoms with Crippen molar-refractivity contribution < 1.29 is 32.3 Å². The minimum absolute atomic E-state index is 0.0584. The van der Waals surface area contributed by atoms with Crippen molar-refractivity contribution >= 4 is 23.1 Å². The van der Waals surface area contributed by atoms with Crippen LogP contribution >= 0.6 is 0 Å². The molecule has 0 unspecified atom stereocenters. The summed E-state index contributed by atoms with van der Waals surface area (Å²) in [6.45, 7) is 3.93. The van der Waals surface area contributed by atoms with Gasteiger partial charge in [-0.05, 0) is 60.8 Å². The minimum atomic E-state index is -5.01. The monoisotopic (exact) mass is 424 g/mol. The second-order valence-electron chi connectivity index (χ2n) is 10.2. The number of carbonyl (C=O) groups is 4. The van der Waals surface area contributed by atoms with Crippen molar-refractivity contribution in [3.63, 3.8) is 0 Å². The molecule has 0 aromatic rings. The molecule has 7 heteroatoms. The van der Waals surface area contributed by atoms with Gasteiger partial charge in [-0.3, -0.25) is 19.2 Å². The molecule has 0 heterocycles. The van der Waals surface area contributed by atoms with Gasteiger partial charge in [0.25, 0.3) is 0 Å². The number of fused-ring (bicyclic) bond motifs is 5. The lowest BCUT2D eigenvalue weighted by Gasteiger charge is -2.56. The highest BCUT2D eigenvalue weighted by atomic mass is 19.4. The fourth-order valence-corrected chi connectivity index (χ4v) is 7.29. The molecule has 0 amide bonds. The van der Waals surface area contributed by atoms with Gasteiger partial charge < -0.3 is 0 Å². The summed E-state index contributed by atoms with van der Waals surface area (Å²) < 4.78 is 38.0. The number of alkyl halides is 3. The first kappa shape index (κ1) is 21.4. The van der Waals surface area contributed by atoms with Gasteiger partial charge in [-0.25, -0.2) is 0 Å². The van der Waals surface area contributed by atoms with Crippen LogP contribution in [0.4, 0.5) is 13.2 Å². The Kier molecular flexibility index (Phi) is 4.90. The third kappa shape index (κ3) is 3.11. The SMILES string of the molecule is C[C@]12CC(=O)[C@H]3[C@@H](CCC4=CC(=O)CC[C@@]43C)[C@@H]1CC[C@@H]2C(=O)CC(=O)C(F)(F)F.